The SMILES string of the molecule is CCOc1c(/C=C(\C(=O)O)c2ccc(C)cc2)cccc1OC. The third kappa shape index (κ3) is 3.92. The maximum Gasteiger partial charge on any atom is 0.336 e. The summed E-state index contributed by atoms with van der Waals surface area (Å²) in [5, 5.41) is 9.56. The fraction of sp³-hybridized carbons (Fsp3) is 0.211. The second kappa shape index (κ2) is 7.49. The summed E-state index contributed by atoms with van der Waals surface area (Å²) in [6, 6.07) is 12.8. The van der Waals surface area contributed by atoms with Crippen LogP contribution in [0.4, 0.5) is 0 Å². The fourth-order valence-electron chi connectivity index (χ4n) is 2.26. The summed E-state index contributed by atoms with van der Waals surface area (Å²) in [5.74, 6) is 0.136. The molecule has 0 aliphatic rings. The number of methoxy groups -OCH3 is 1. The number of rotatable bonds is 6. The van der Waals surface area contributed by atoms with E-state index in [0.29, 0.717) is 29.2 Å². The molecule has 0 saturated carbocycles. The molecule has 0 aliphatic carbocycles. The van der Waals surface area contributed by atoms with Gasteiger partial charge in [0.05, 0.1) is 19.3 Å². The largest absolute Gasteiger partial charge is 0.493 e. The second-order valence-electron chi connectivity index (χ2n) is 5.04. The highest BCUT2D eigenvalue weighted by molar-refractivity contribution is 6.20. The summed E-state index contributed by atoms with van der Waals surface area (Å²) in [6.07, 6.45) is 1.61. The monoisotopic (exact) mass is 312 g/mol. The lowest BCUT2D eigenvalue weighted by Gasteiger charge is -2.13. The average molecular weight is 312 g/mol. The molecule has 4 heteroatoms. The molecule has 0 unspecified atom stereocenters. The molecule has 0 spiro atoms. The van der Waals surface area contributed by atoms with Crippen molar-refractivity contribution < 1.29 is 19.4 Å². The Kier molecular flexibility index (Phi) is 5.41. The predicted octanol–water partition coefficient (Wildman–Crippen LogP) is 4.03. The van der Waals surface area contributed by atoms with Crippen LogP contribution in [0.1, 0.15) is 23.6 Å². The zero-order valence-corrected chi connectivity index (χ0v) is 13.5. The van der Waals surface area contributed by atoms with Gasteiger partial charge in [0, 0.05) is 5.56 Å². The van der Waals surface area contributed by atoms with Gasteiger partial charge in [-0.15, -0.1) is 0 Å². The van der Waals surface area contributed by atoms with E-state index in [-0.39, 0.29) is 5.57 Å². The molecule has 0 atom stereocenters. The van der Waals surface area contributed by atoms with Gasteiger partial charge < -0.3 is 14.6 Å². The Balaban J connectivity index is 2.56. The molecular weight excluding hydrogens is 292 g/mol. The molecule has 2 aromatic carbocycles. The quantitative estimate of drug-likeness (QED) is 0.646. The number of ether oxygens (including phenoxy) is 2. The topological polar surface area (TPSA) is 55.8 Å². The molecule has 2 aromatic rings. The predicted molar refractivity (Wildman–Crippen MR) is 90.8 cm³/mol. The lowest BCUT2D eigenvalue weighted by Crippen LogP contribution is -2.01. The van der Waals surface area contributed by atoms with Crippen LogP contribution in [0.25, 0.3) is 11.6 Å². The molecule has 0 amide bonds. The van der Waals surface area contributed by atoms with E-state index in [1.54, 1.807) is 31.4 Å². The molecule has 2 rings (SSSR count). The Morgan fingerprint density at radius 3 is 2.43 bits per heavy atom. The summed E-state index contributed by atoms with van der Waals surface area (Å²) in [4.78, 5) is 11.7. The summed E-state index contributed by atoms with van der Waals surface area (Å²) >= 11 is 0. The molecular formula is C19H20O4. The van der Waals surface area contributed by atoms with Crippen LogP contribution in [0, 0.1) is 6.92 Å². The van der Waals surface area contributed by atoms with Crippen LogP contribution in [0.3, 0.4) is 0 Å². The van der Waals surface area contributed by atoms with Crippen LogP contribution in [0.15, 0.2) is 42.5 Å². The van der Waals surface area contributed by atoms with Gasteiger partial charge in [0.15, 0.2) is 11.5 Å². The molecule has 0 fully saturated rings. The first kappa shape index (κ1) is 16.6. The fourth-order valence-corrected chi connectivity index (χ4v) is 2.26. The van der Waals surface area contributed by atoms with Crippen molar-refractivity contribution in [1.29, 1.82) is 0 Å². The van der Waals surface area contributed by atoms with Gasteiger partial charge in [-0.3, -0.25) is 0 Å². The Labute approximate surface area is 136 Å². The van der Waals surface area contributed by atoms with Crippen LogP contribution >= 0.6 is 0 Å². The van der Waals surface area contributed by atoms with Crippen molar-refractivity contribution in [2.24, 2.45) is 0 Å². The van der Waals surface area contributed by atoms with Crippen molar-refractivity contribution in [3.05, 3.63) is 59.2 Å². The number of aryl methyl sites for hydroxylation is 1. The first-order valence-corrected chi connectivity index (χ1v) is 7.38. The third-order valence-electron chi connectivity index (χ3n) is 3.41. The summed E-state index contributed by atoms with van der Waals surface area (Å²) in [7, 11) is 1.56. The molecule has 0 saturated heterocycles. The molecule has 1 N–H and O–H groups in total. The van der Waals surface area contributed by atoms with Crippen LogP contribution < -0.4 is 9.47 Å². The molecule has 4 nitrogen and oxygen atoms in total. The minimum absolute atomic E-state index is 0.208. The van der Waals surface area contributed by atoms with Crippen molar-refractivity contribution in [3.63, 3.8) is 0 Å². The maximum absolute atomic E-state index is 11.7. The van der Waals surface area contributed by atoms with Gasteiger partial charge >= 0.3 is 5.97 Å². The first-order chi connectivity index (χ1) is 11.1. The third-order valence-corrected chi connectivity index (χ3v) is 3.41. The van der Waals surface area contributed by atoms with Crippen LogP contribution in [0.2, 0.25) is 0 Å². The average Bonchev–Trinajstić information content (AvgIpc) is 2.54. The number of benzene rings is 2. The first-order valence-electron chi connectivity index (χ1n) is 7.38. The van der Waals surface area contributed by atoms with E-state index in [9.17, 15) is 9.90 Å². The summed E-state index contributed by atoms with van der Waals surface area (Å²) < 4.78 is 10.9. The number of carboxylic acid groups (broad SMARTS) is 1. The number of carbonyl (C=O) groups is 1. The number of carboxylic acids is 1. The molecule has 23 heavy (non-hydrogen) atoms. The number of para-hydroxylation sites is 1. The van der Waals surface area contributed by atoms with Gasteiger partial charge in [-0.25, -0.2) is 4.79 Å². The van der Waals surface area contributed by atoms with E-state index in [1.807, 2.05) is 38.1 Å². The lowest BCUT2D eigenvalue weighted by atomic mass is 10.0. The number of hydrogen-bond donors (Lipinski definition) is 1. The van der Waals surface area contributed by atoms with Gasteiger partial charge in [-0.2, -0.15) is 0 Å². The normalized spacial score (nSPS) is 11.2. The van der Waals surface area contributed by atoms with E-state index in [0.717, 1.165) is 5.56 Å². The van der Waals surface area contributed by atoms with Gasteiger partial charge in [-0.1, -0.05) is 42.0 Å². The highest BCUT2D eigenvalue weighted by atomic mass is 16.5. The van der Waals surface area contributed by atoms with Crippen molar-refractivity contribution in [3.8, 4) is 11.5 Å². The lowest BCUT2D eigenvalue weighted by molar-refractivity contribution is -0.130. The molecule has 120 valence electrons. The zero-order chi connectivity index (χ0) is 16.8. The zero-order valence-electron chi connectivity index (χ0n) is 13.5. The van der Waals surface area contributed by atoms with E-state index in [2.05, 4.69) is 0 Å². The van der Waals surface area contributed by atoms with Gasteiger partial charge in [0.25, 0.3) is 0 Å². The van der Waals surface area contributed by atoms with Crippen molar-refractivity contribution >= 4 is 17.6 Å². The Morgan fingerprint density at radius 2 is 1.87 bits per heavy atom. The highest BCUT2D eigenvalue weighted by Gasteiger charge is 2.14. The summed E-state index contributed by atoms with van der Waals surface area (Å²) in [5.41, 5.74) is 2.60. The minimum Gasteiger partial charge on any atom is -0.493 e. The minimum atomic E-state index is -0.987. The van der Waals surface area contributed by atoms with Gasteiger partial charge in [0.1, 0.15) is 0 Å². The van der Waals surface area contributed by atoms with Gasteiger partial charge in [-0.05, 0) is 31.6 Å². The van der Waals surface area contributed by atoms with Gasteiger partial charge in [0.2, 0.25) is 0 Å². The maximum atomic E-state index is 11.7. The van der Waals surface area contributed by atoms with E-state index < -0.39 is 5.97 Å². The van der Waals surface area contributed by atoms with E-state index in [1.165, 1.54) is 0 Å². The molecule has 0 heterocycles. The van der Waals surface area contributed by atoms with Crippen molar-refractivity contribution in [1.82, 2.24) is 0 Å². The molecule has 0 aromatic heterocycles. The van der Waals surface area contributed by atoms with Crippen molar-refractivity contribution in [2.75, 3.05) is 13.7 Å². The van der Waals surface area contributed by atoms with Crippen LogP contribution in [0.5, 0.6) is 11.5 Å². The smallest absolute Gasteiger partial charge is 0.336 e. The van der Waals surface area contributed by atoms with Crippen LogP contribution in [-0.2, 0) is 4.79 Å². The Bertz CT molecular complexity index is 715. The number of hydrogen-bond acceptors (Lipinski definition) is 3. The molecule has 0 aliphatic heterocycles. The number of aliphatic carboxylic acids is 1. The molecule has 0 radical (unpaired) electrons. The highest BCUT2D eigenvalue weighted by Crippen LogP contribution is 2.33. The Morgan fingerprint density at radius 1 is 1.17 bits per heavy atom. The Hall–Kier alpha value is -2.75. The van der Waals surface area contributed by atoms with E-state index in [4.69, 9.17) is 9.47 Å². The second-order valence-corrected chi connectivity index (χ2v) is 5.04. The molecule has 0 bridgehead atoms. The standard InChI is InChI=1S/C19H20O4/c1-4-23-18-15(6-5-7-17(18)22-3)12-16(19(20)21)14-10-8-13(2)9-11-14/h5-12H,4H2,1-3H3,(H,20,21)/b16-12-. The summed E-state index contributed by atoms with van der Waals surface area (Å²) in [6.45, 7) is 4.30. The van der Waals surface area contributed by atoms with Crippen molar-refractivity contribution in [2.45, 2.75) is 13.8 Å². The van der Waals surface area contributed by atoms with Crippen LogP contribution in [-0.4, -0.2) is 24.8 Å². The van der Waals surface area contributed by atoms with E-state index >= 15 is 0 Å².